The van der Waals surface area contributed by atoms with Crippen molar-refractivity contribution in [3.63, 3.8) is 0 Å². The number of unbranched alkanes of at least 4 members (excludes halogenated alkanes) is 1. The molecule has 0 aromatic carbocycles. The molecule has 1 saturated carbocycles. The molecule has 1 fully saturated rings. The number of ether oxygens (including phenoxy) is 1. The van der Waals surface area contributed by atoms with Gasteiger partial charge in [0, 0.05) is 39.4 Å². The topological polar surface area (TPSA) is 49.8 Å². The smallest absolute Gasteiger partial charge is 0.213 e. The molecule has 0 spiro atoms. The van der Waals surface area contributed by atoms with Crippen LogP contribution < -0.4 is 10.1 Å². The summed E-state index contributed by atoms with van der Waals surface area (Å²) >= 11 is 0. The van der Waals surface area contributed by atoms with Crippen molar-refractivity contribution in [2.24, 2.45) is 10.9 Å². The van der Waals surface area contributed by atoms with E-state index in [9.17, 15) is 0 Å². The lowest BCUT2D eigenvalue weighted by Gasteiger charge is -2.21. The van der Waals surface area contributed by atoms with Crippen molar-refractivity contribution in [2.45, 2.75) is 39.2 Å². The van der Waals surface area contributed by atoms with Gasteiger partial charge in [-0.15, -0.1) is 0 Å². The van der Waals surface area contributed by atoms with Crippen LogP contribution in [0.5, 0.6) is 5.88 Å². The molecule has 1 aliphatic carbocycles. The number of aromatic nitrogens is 1. The first kappa shape index (κ1) is 16.6. The van der Waals surface area contributed by atoms with E-state index in [2.05, 4.69) is 40.2 Å². The maximum absolute atomic E-state index is 5.65. The van der Waals surface area contributed by atoms with E-state index in [0.717, 1.165) is 43.0 Å². The Morgan fingerprint density at radius 2 is 2.27 bits per heavy atom. The molecule has 0 radical (unpaired) electrons. The Kier molecular flexibility index (Phi) is 6.49. The first-order valence-corrected chi connectivity index (χ1v) is 8.22. The monoisotopic (exact) mass is 304 g/mol. The zero-order valence-corrected chi connectivity index (χ0v) is 14.0. The van der Waals surface area contributed by atoms with E-state index in [1.165, 1.54) is 25.7 Å². The predicted molar refractivity (Wildman–Crippen MR) is 90.2 cm³/mol. The van der Waals surface area contributed by atoms with Crippen LogP contribution in [0.1, 0.15) is 38.2 Å². The van der Waals surface area contributed by atoms with Gasteiger partial charge < -0.3 is 15.0 Å². The number of hydrogen-bond donors (Lipinski definition) is 1. The fraction of sp³-hybridized carbons (Fsp3) is 0.647. The molecule has 0 unspecified atom stereocenters. The van der Waals surface area contributed by atoms with Crippen molar-refractivity contribution in [3.8, 4) is 5.88 Å². The molecular formula is C17H28N4O. The maximum atomic E-state index is 5.65. The third-order valence-corrected chi connectivity index (χ3v) is 3.83. The third-order valence-electron chi connectivity index (χ3n) is 3.83. The number of nitrogens with zero attached hydrogens (tertiary/aromatic N) is 3. The van der Waals surface area contributed by atoms with Crippen LogP contribution in [0.2, 0.25) is 0 Å². The average Bonchev–Trinajstić information content (AvgIpc) is 3.37. The number of nitrogens with one attached hydrogen (secondary N) is 1. The molecule has 0 aliphatic heterocycles. The highest BCUT2D eigenvalue weighted by molar-refractivity contribution is 5.79. The number of aliphatic imine (C=N–C) groups is 1. The van der Waals surface area contributed by atoms with E-state index in [-0.39, 0.29) is 0 Å². The van der Waals surface area contributed by atoms with Gasteiger partial charge in [-0.2, -0.15) is 0 Å². The average molecular weight is 304 g/mol. The standard InChI is InChI=1S/C17H28N4O/c1-4-5-10-21(3)17(18-2)20-12-15-8-9-16(19-11-15)22-13-14-6-7-14/h8-9,11,14H,4-7,10,12-13H2,1-3H3,(H,18,20). The lowest BCUT2D eigenvalue weighted by Crippen LogP contribution is -2.38. The van der Waals surface area contributed by atoms with Crippen LogP contribution >= 0.6 is 0 Å². The lowest BCUT2D eigenvalue weighted by atomic mass is 10.3. The molecule has 22 heavy (non-hydrogen) atoms. The summed E-state index contributed by atoms with van der Waals surface area (Å²) in [7, 11) is 3.88. The zero-order valence-electron chi connectivity index (χ0n) is 14.0. The van der Waals surface area contributed by atoms with E-state index in [1.807, 2.05) is 19.3 Å². The summed E-state index contributed by atoms with van der Waals surface area (Å²) in [5.41, 5.74) is 1.13. The molecule has 0 amide bonds. The van der Waals surface area contributed by atoms with Gasteiger partial charge in [-0.25, -0.2) is 4.98 Å². The van der Waals surface area contributed by atoms with Crippen molar-refractivity contribution in [1.29, 1.82) is 0 Å². The van der Waals surface area contributed by atoms with Gasteiger partial charge in [0.05, 0.1) is 6.61 Å². The van der Waals surface area contributed by atoms with Crippen molar-refractivity contribution >= 4 is 5.96 Å². The summed E-state index contributed by atoms with van der Waals surface area (Å²) < 4.78 is 5.65. The van der Waals surface area contributed by atoms with Crippen LogP contribution in [0.25, 0.3) is 0 Å². The van der Waals surface area contributed by atoms with E-state index in [4.69, 9.17) is 4.74 Å². The highest BCUT2D eigenvalue weighted by Gasteiger charge is 2.22. The van der Waals surface area contributed by atoms with Crippen molar-refractivity contribution in [2.75, 3.05) is 27.2 Å². The van der Waals surface area contributed by atoms with Crippen LogP contribution in [0.15, 0.2) is 23.3 Å². The van der Waals surface area contributed by atoms with Gasteiger partial charge >= 0.3 is 0 Å². The van der Waals surface area contributed by atoms with Gasteiger partial charge in [0.2, 0.25) is 5.88 Å². The molecule has 1 aromatic heterocycles. The molecule has 1 N–H and O–H groups in total. The number of pyridine rings is 1. The summed E-state index contributed by atoms with van der Waals surface area (Å²) in [6, 6.07) is 4.00. The minimum Gasteiger partial charge on any atom is -0.477 e. The first-order valence-electron chi connectivity index (χ1n) is 8.22. The minimum absolute atomic E-state index is 0.721. The minimum atomic E-state index is 0.721. The first-order chi connectivity index (χ1) is 10.7. The summed E-state index contributed by atoms with van der Waals surface area (Å²) in [5, 5.41) is 3.37. The molecule has 0 saturated heterocycles. The van der Waals surface area contributed by atoms with E-state index < -0.39 is 0 Å². The van der Waals surface area contributed by atoms with Crippen molar-refractivity contribution in [1.82, 2.24) is 15.2 Å². The molecule has 1 heterocycles. The lowest BCUT2D eigenvalue weighted by molar-refractivity contribution is 0.288. The molecule has 5 heteroatoms. The molecule has 1 aromatic rings. The Hall–Kier alpha value is -1.78. The van der Waals surface area contributed by atoms with Gasteiger partial charge in [-0.1, -0.05) is 19.4 Å². The fourth-order valence-corrected chi connectivity index (χ4v) is 2.16. The highest BCUT2D eigenvalue weighted by Crippen LogP contribution is 2.29. The summed E-state index contributed by atoms with van der Waals surface area (Å²) in [4.78, 5) is 10.8. The van der Waals surface area contributed by atoms with E-state index in [0.29, 0.717) is 0 Å². The van der Waals surface area contributed by atoms with Crippen LogP contribution in [0, 0.1) is 5.92 Å². The van der Waals surface area contributed by atoms with Crippen molar-refractivity contribution in [3.05, 3.63) is 23.9 Å². The Morgan fingerprint density at radius 1 is 1.45 bits per heavy atom. The Balaban J connectivity index is 1.76. The van der Waals surface area contributed by atoms with Crippen molar-refractivity contribution < 1.29 is 4.74 Å². The molecule has 0 bridgehead atoms. The van der Waals surface area contributed by atoms with E-state index in [1.54, 1.807) is 0 Å². The maximum Gasteiger partial charge on any atom is 0.213 e. The largest absolute Gasteiger partial charge is 0.477 e. The Labute approximate surface area is 133 Å². The summed E-state index contributed by atoms with van der Waals surface area (Å²) in [6.07, 6.45) is 6.83. The fourth-order valence-electron chi connectivity index (χ4n) is 2.16. The van der Waals surface area contributed by atoms with Crippen LogP contribution in [-0.2, 0) is 6.54 Å². The second-order valence-corrected chi connectivity index (χ2v) is 5.93. The van der Waals surface area contributed by atoms with Gasteiger partial charge in [0.15, 0.2) is 5.96 Å². The molecular weight excluding hydrogens is 276 g/mol. The summed E-state index contributed by atoms with van der Waals surface area (Å²) in [5.74, 6) is 2.40. The Morgan fingerprint density at radius 3 is 2.86 bits per heavy atom. The second kappa shape index (κ2) is 8.61. The SMILES string of the molecule is CCCCN(C)C(=NC)NCc1ccc(OCC2CC2)nc1. The van der Waals surface area contributed by atoms with E-state index >= 15 is 0 Å². The third kappa shape index (κ3) is 5.54. The zero-order chi connectivity index (χ0) is 15.8. The normalized spacial score (nSPS) is 14.8. The predicted octanol–water partition coefficient (Wildman–Crippen LogP) is 2.68. The van der Waals surface area contributed by atoms with Gasteiger partial charge in [-0.05, 0) is 30.7 Å². The number of rotatable bonds is 8. The van der Waals surface area contributed by atoms with Crippen LogP contribution in [0.4, 0.5) is 0 Å². The molecule has 2 rings (SSSR count). The molecule has 122 valence electrons. The van der Waals surface area contributed by atoms with Gasteiger partial charge in [-0.3, -0.25) is 4.99 Å². The highest BCUT2D eigenvalue weighted by atomic mass is 16.5. The molecule has 5 nitrogen and oxygen atoms in total. The Bertz CT molecular complexity index is 468. The van der Waals surface area contributed by atoms with Crippen LogP contribution in [-0.4, -0.2) is 43.1 Å². The van der Waals surface area contributed by atoms with Gasteiger partial charge in [0.1, 0.15) is 0 Å². The second-order valence-electron chi connectivity index (χ2n) is 5.93. The number of hydrogen-bond acceptors (Lipinski definition) is 3. The summed E-state index contributed by atoms with van der Waals surface area (Å²) in [6.45, 7) is 4.74. The van der Waals surface area contributed by atoms with Crippen LogP contribution in [0.3, 0.4) is 0 Å². The molecule has 0 atom stereocenters. The number of guanidine groups is 1. The quantitative estimate of drug-likeness (QED) is 0.592. The molecule has 1 aliphatic rings. The van der Waals surface area contributed by atoms with Gasteiger partial charge in [0.25, 0.3) is 0 Å².